The first kappa shape index (κ1) is 13.1. The fourth-order valence-corrected chi connectivity index (χ4v) is 2.51. The number of aromatic nitrogens is 4. The van der Waals surface area contributed by atoms with Crippen LogP contribution in [-0.2, 0) is 6.54 Å². The van der Waals surface area contributed by atoms with E-state index in [2.05, 4.69) is 25.9 Å². The molecule has 0 aliphatic carbocycles. The van der Waals surface area contributed by atoms with Gasteiger partial charge in [-0.1, -0.05) is 0 Å². The average Bonchev–Trinajstić information content (AvgIpc) is 2.84. The largest absolute Gasteiger partial charge is 0.306 e. The van der Waals surface area contributed by atoms with Gasteiger partial charge in [0, 0.05) is 23.7 Å². The predicted molar refractivity (Wildman–Crippen MR) is 80.0 cm³/mol. The molecular weight excluding hydrogens is 320 g/mol. The molecule has 0 atom stereocenters. The molecule has 6 heteroatoms. The van der Waals surface area contributed by atoms with E-state index >= 15 is 0 Å². The van der Waals surface area contributed by atoms with E-state index in [0.29, 0.717) is 12.1 Å². The quantitative estimate of drug-likeness (QED) is 0.723. The number of pyridine rings is 1. The van der Waals surface area contributed by atoms with E-state index in [4.69, 9.17) is 0 Å². The summed E-state index contributed by atoms with van der Waals surface area (Å²) < 4.78 is 4.44. The van der Waals surface area contributed by atoms with Gasteiger partial charge in [0.15, 0.2) is 5.65 Å². The molecule has 0 bridgehead atoms. The molecule has 0 saturated heterocycles. The normalized spacial score (nSPS) is 11.2. The van der Waals surface area contributed by atoms with Crippen LogP contribution in [0.4, 0.5) is 0 Å². The van der Waals surface area contributed by atoms with Crippen molar-refractivity contribution in [2.24, 2.45) is 0 Å². The first-order valence-electron chi connectivity index (χ1n) is 6.21. The lowest BCUT2D eigenvalue weighted by Crippen LogP contribution is -2.24. The number of fused-ring (bicyclic) bond motifs is 1. The van der Waals surface area contributed by atoms with Crippen LogP contribution in [0.2, 0.25) is 0 Å². The van der Waals surface area contributed by atoms with E-state index in [1.165, 1.54) is 0 Å². The van der Waals surface area contributed by atoms with Crippen LogP contribution in [0.15, 0.2) is 40.1 Å². The Balaban J connectivity index is 2.04. The van der Waals surface area contributed by atoms with Gasteiger partial charge in [-0.05, 0) is 41.9 Å². The SMILES string of the molecule is Cc1ncn(Cc2cn3cccc(Br)c3n2)c(=O)c1C. The van der Waals surface area contributed by atoms with Crippen LogP contribution in [0, 0.1) is 13.8 Å². The number of halogens is 1. The second-order valence-corrected chi connectivity index (χ2v) is 5.56. The molecule has 102 valence electrons. The van der Waals surface area contributed by atoms with Crippen LogP contribution < -0.4 is 5.56 Å². The Bertz CT molecular complexity index is 850. The van der Waals surface area contributed by atoms with E-state index in [0.717, 1.165) is 21.5 Å². The minimum atomic E-state index is -0.0198. The summed E-state index contributed by atoms with van der Waals surface area (Å²) in [5.41, 5.74) is 3.09. The Morgan fingerprint density at radius 1 is 1.35 bits per heavy atom. The van der Waals surface area contributed by atoms with Crippen molar-refractivity contribution in [2.45, 2.75) is 20.4 Å². The average molecular weight is 333 g/mol. The smallest absolute Gasteiger partial charge is 0.256 e. The maximum absolute atomic E-state index is 12.2. The maximum atomic E-state index is 12.2. The summed E-state index contributed by atoms with van der Waals surface area (Å²) in [4.78, 5) is 20.9. The van der Waals surface area contributed by atoms with Gasteiger partial charge in [-0.25, -0.2) is 9.97 Å². The zero-order valence-corrected chi connectivity index (χ0v) is 12.8. The standard InChI is InChI=1S/C14H13BrN4O/c1-9-10(2)16-8-19(14(9)20)7-11-6-18-5-3-4-12(15)13(18)17-11/h3-6,8H,7H2,1-2H3. The van der Waals surface area contributed by atoms with Crippen molar-refractivity contribution in [1.82, 2.24) is 18.9 Å². The zero-order valence-electron chi connectivity index (χ0n) is 11.2. The lowest BCUT2D eigenvalue weighted by Gasteiger charge is -2.05. The molecule has 0 amide bonds. The molecule has 0 aliphatic rings. The minimum Gasteiger partial charge on any atom is -0.306 e. The molecule has 0 unspecified atom stereocenters. The summed E-state index contributed by atoms with van der Waals surface area (Å²) in [6.45, 7) is 4.05. The molecule has 0 N–H and O–H groups in total. The molecule has 3 rings (SSSR count). The Kier molecular flexibility index (Phi) is 3.17. The van der Waals surface area contributed by atoms with Crippen molar-refractivity contribution in [2.75, 3.05) is 0 Å². The number of hydrogen-bond donors (Lipinski definition) is 0. The van der Waals surface area contributed by atoms with Crippen molar-refractivity contribution in [3.63, 3.8) is 0 Å². The maximum Gasteiger partial charge on any atom is 0.256 e. The van der Waals surface area contributed by atoms with Crippen LogP contribution in [0.25, 0.3) is 5.65 Å². The van der Waals surface area contributed by atoms with Crippen LogP contribution in [0.3, 0.4) is 0 Å². The van der Waals surface area contributed by atoms with Gasteiger partial charge in [0.25, 0.3) is 5.56 Å². The third-order valence-corrected chi connectivity index (χ3v) is 3.95. The van der Waals surface area contributed by atoms with Crippen LogP contribution in [0.5, 0.6) is 0 Å². The van der Waals surface area contributed by atoms with E-state index < -0.39 is 0 Å². The molecule has 0 saturated carbocycles. The second-order valence-electron chi connectivity index (χ2n) is 4.71. The van der Waals surface area contributed by atoms with Crippen LogP contribution in [-0.4, -0.2) is 18.9 Å². The summed E-state index contributed by atoms with van der Waals surface area (Å²) in [5.74, 6) is 0. The van der Waals surface area contributed by atoms with Crippen molar-refractivity contribution < 1.29 is 0 Å². The Morgan fingerprint density at radius 2 is 2.15 bits per heavy atom. The lowest BCUT2D eigenvalue weighted by atomic mass is 10.3. The van der Waals surface area contributed by atoms with Gasteiger partial charge >= 0.3 is 0 Å². The highest BCUT2D eigenvalue weighted by Crippen LogP contribution is 2.17. The van der Waals surface area contributed by atoms with Gasteiger partial charge in [0.2, 0.25) is 0 Å². The summed E-state index contributed by atoms with van der Waals surface area (Å²) in [5, 5.41) is 0. The molecule has 0 spiro atoms. The van der Waals surface area contributed by atoms with E-state index in [1.54, 1.807) is 17.8 Å². The number of hydrogen-bond acceptors (Lipinski definition) is 3. The Hall–Kier alpha value is -1.95. The van der Waals surface area contributed by atoms with Gasteiger partial charge in [-0.3, -0.25) is 9.36 Å². The number of nitrogens with zero attached hydrogens (tertiary/aromatic N) is 4. The second kappa shape index (κ2) is 4.86. The van der Waals surface area contributed by atoms with Crippen molar-refractivity contribution in [1.29, 1.82) is 0 Å². The molecule has 5 nitrogen and oxygen atoms in total. The molecule has 0 fully saturated rings. The summed E-state index contributed by atoms with van der Waals surface area (Å²) in [6.07, 6.45) is 5.42. The highest BCUT2D eigenvalue weighted by Gasteiger charge is 2.08. The Morgan fingerprint density at radius 3 is 2.90 bits per heavy atom. The molecular formula is C14H13BrN4O. The highest BCUT2D eigenvalue weighted by molar-refractivity contribution is 9.10. The fraction of sp³-hybridized carbons (Fsp3) is 0.214. The number of aryl methyl sites for hydroxylation is 1. The Labute approximate surface area is 124 Å². The van der Waals surface area contributed by atoms with Gasteiger partial charge in [-0.15, -0.1) is 0 Å². The van der Waals surface area contributed by atoms with Gasteiger partial charge in [0.1, 0.15) is 0 Å². The van der Waals surface area contributed by atoms with Gasteiger partial charge in [0.05, 0.1) is 23.0 Å². The summed E-state index contributed by atoms with van der Waals surface area (Å²) in [6, 6.07) is 3.88. The van der Waals surface area contributed by atoms with Crippen LogP contribution >= 0.6 is 15.9 Å². The lowest BCUT2D eigenvalue weighted by molar-refractivity contribution is 0.709. The third kappa shape index (κ3) is 2.16. The molecule has 20 heavy (non-hydrogen) atoms. The summed E-state index contributed by atoms with van der Waals surface area (Å²) >= 11 is 3.47. The number of rotatable bonds is 2. The van der Waals surface area contributed by atoms with E-state index in [-0.39, 0.29) is 5.56 Å². The highest BCUT2D eigenvalue weighted by atomic mass is 79.9. The first-order chi connectivity index (χ1) is 9.56. The fourth-order valence-electron chi connectivity index (χ4n) is 2.07. The van der Waals surface area contributed by atoms with E-state index in [1.807, 2.05) is 35.9 Å². The predicted octanol–water partition coefficient (Wildman–Crippen LogP) is 2.32. The van der Waals surface area contributed by atoms with Gasteiger partial charge in [-0.2, -0.15) is 0 Å². The van der Waals surface area contributed by atoms with Crippen molar-refractivity contribution in [3.8, 4) is 0 Å². The zero-order chi connectivity index (χ0) is 14.3. The van der Waals surface area contributed by atoms with Crippen LogP contribution in [0.1, 0.15) is 17.0 Å². The van der Waals surface area contributed by atoms with Crippen molar-refractivity contribution >= 4 is 21.6 Å². The first-order valence-corrected chi connectivity index (χ1v) is 7.00. The van der Waals surface area contributed by atoms with E-state index in [9.17, 15) is 4.79 Å². The minimum absolute atomic E-state index is 0.0198. The molecule has 3 aromatic heterocycles. The topological polar surface area (TPSA) is 52.2 Å². The summed E-state index contributed by atoms with van der Waals surface area (Å²) in [7, 11) is 0. The van der Waals surface area contributed by atoms with Gasteiger partial charge < -0.3 is 4.40 Å². The molecule has 3 heterocycles. The number of imidazole rings is 1. The molecule has 3 aromatic rings. The van der Waals surface area contributed by atoms with Crippen molar-refractivity contribution in [3.05, 3.63) is 62.6 Å². The molecule has 0 aliphatic heterocycles. The molecule has 0 radical (unpaired) electrons. The molecule has 0 aromatic carbocycles. The monoisotopic (exact) mass is 332 g/mol. The third-order valence-electron chi connectivity index (χ3n) is 3.33.